The Hall–Kier alpha value is -6.39. The van der Waals surface area contributed by atoms with Gasteiger partial charge in [-0.25, -0.2) is 23.9 Å². The van der Waals surface area contributed by atoms with E-state index in [0.29, 0.717) is 83.6 Å². The number of piperidine rings is 2. The Bertz CT molecular complexity index is 2690. The van der Waals surface area contributed by atoms with Crippen molar-refractivity contribution in [2.45, 2.75) is 91.3 Å². The maximum absolute atomic E-state index is 15.2. The molecular weight excluding hydrogens is 890 g/mol. The summed E-state index contributed by atoms with van der Waals surface area (Å²) in [7, 11) is 1.52. The summed E-state index contributed by atoms with van der Waals surface area (Å²) < 4.78 is 27.1. The number of hydrogen-bond donors (Lipinski definition) is 3. The number of imide groups is 1. The van der Waals surface area contributed by atoms with Crippen molar-refractivity contribution in [1.29, 1.82) is 0 Å². The summed E-state index contributed by atoms with van der Waals surface area (Å²) in [6, 6.07) is 17.6. The van der Waals surface area contributed by atoms with E-state index >= 15 is 4.39 Å². The third-order valence-corrected chi connectivity index (χ3v) is 14.8. The molecule has 6 heterocycles. The number of urea groups is 2. The van der Waals surface area contributed by atoms with Gasteiger partial charge in [0.1, 0.15) is 23.5 Å². The van der Waals surface area contributed by atoms with Gasteiger partial charge in [-0.1, -0.05) is 44.5 Å². The average molecular weight is 956 g/mol. The van der Waals surface area contributed by atoms with E-state index in [1.807, 2.05) is 22.8 Å². The van der Waals surface area contributed by atoms with E-state index in [1.54, 1.807) is 18.2 Å². The van der Waals surface area contributed by atoms with Crippen LogP contribution in [0.5, 0.6) is 5.75 Å². The number of carbonyl (C=O) groups excluding carboxylic acids is 4. The van der Waals surface area contributed by atoms with Gasteiger partial charge in [0.05, 0.1) is 31.2 Å². The zero-order valence-corrected chi connectivity index (χ0v) is 40.9. The molecule has 0 radical (unpaired) electrons. The SMILES string of the molecule is COc1ccc(C(=O)N2CCC(CCN3CCC(OCc4ccc(-c5cc6c(-c7cc(F)cc(NC(=O)N8CC[C@@H](CCC(C)C)C8)c7C)ncnc6[nH]5)cc4)CC3)CC2)cc1N1CCC(=O)NC1=O. The maximum atomic E-state index is 15.2. The minimum atomic E-state index is -0.516. The number of benzene rings is 3. The Balaban J connectivity index is 0.724. The number of halogens is 1. The van der Waals surface area contributed by atoms with Crippen molar-refractivity contribution in [1.82, 2.24) is 35.0 Å². The third-order valence-electron chi connectivity index (χ3n) is 14.8. The molecule has 4 aliphatic rings. The van der Waals surface area contributed by atoms with E-state index in [-0.39, 0.29) is 36.9 Å². The van der Waals surface area contributed by atoms with Gasteiger partial charge in [0.25, 0.3) is 5.91 Å². The number of aromatic amines is 1. The normalized spacial score (nSPS) is 18.5. The Kier molecular flexibility index (Phi) is 15.1. The summed E-state index contributed by atoms with van der Waals surface area (Å²) in [5, 5.41) is 6.11. The molecule has 0 bridgehead atoms. The number of rotatable bonds is 15. The first-order chi connectivity index (χ1) is 33.9. The second kappa shape index (κ2) is 21.7. The van der Waals surface area contributed by atoms with Gasteiger partial charge in [-0.05, 0) is 129 Å². The molecule has 9 rings (SSSR count). The van der Waals surface area contributed by atoms with Crippen molar-refractivity contribution in [2.24, 2.45) is 17.8 Å². The highest BCUT2D eigenvalue weighted by molar-refractivity contribution is 6.07. The molecule has 4 saturated heterocycles. The number of H-pyrrole nitrogens is 1. The van der Waals surface area contributed by atoms with E-state index < -0.39 is 11.8 Å². The third kappa shape index (κ3) is 11.3. The number of nitrogens with one attached hydrogen (secondary N) is 3. The molecule has 2 aromatic heterocycles. The Morgan fingerprint density at radius 3 is 2.37 bits per heavy atom. The molecule has 0 spiro atoms. The lowest BCUT2D eigenvalue weighted by molar-refractivity contribution is -0.120. The van der Waals surface area contributed by atoms with E-state index in [2.05, 4.69) is 68.6 Å². The smallest absolute Gasteiger partial charge is 0.328 e. The number of hydrogen-bond acceptors (Lipinski definition) is 9. The lowest BCUT2D eigenvalue weighted by Crippen LogP contribution is -2.49. The Morgan fingerprint density at radius 1 is 0.871 bits per heavy atom. The Morgan fingerprint density at radius 2 is 1.63 bits per heavy atom. The van der Waals surface area contributed by atoms with E-state index in [9.17, 15) is 19.2 Å². The summed E-state index contributed by atoms with van der Waals surface area (Å²) in [5.74, 6) is 1.33. The van der Waals surface area contributed by atoms with Crippen LogP contribution in [0.4, 0.5) is 25.4 Å². The number of ether oxygens (including phenoxy) is 2. The molecule has 70 heavy (non-hydrogen) atoms. The number of aromatic nitrogens is 3. The lowest BCUT2D eigenvalue weighted by atomic mass is 9.92. The van der Waals surface area contributed by atoms with Crippen LogP contribution in [0.2, 0.25) is 0 Å². The summed E-state index contributed by atoms with van der Waals surface area (Å²) in [6.07, 6.45) is 10.1. The summed E-state index contributed by atoms with van der Waals surface area (Å²) in [5.41, 5.74) is 6.94. The van der Waals surface area contributed by atoms with Crippen molar-refractivity contribution < 1.29 is 33.0 Å². The highest BCUT2D eigenvalue weighted by Gasteiger charge is 2.31. The van der Waals surface area contributed by atoms with E-state index in [0.717, 1.165) is 105 Å². The second-order valence-corrected chi connectivity index (χ2v) is 20.0. The minimum Gasteiger partial charge on any atom is -0.495 e. The highest BCUT2D eigenvalue weighted by Crippen LogP contribution is 2.36. The first-order valence-electron chi connectivity index (χ1n) is 25.1. The number of carbonyl (C=O) groups is 4. The molecule has 4 fully saturated rings. The van der Waals surface area contributed by atoms with Crippen LogP contribution in [0.25, 0.3) is 33.5 Å². The molecular formula is C54H66FN9O6. The number of fused-ring (bicyclic) bond motifs is 1. The van der Waals surface area contributed by atoms with Gasteiger partial charge in [-0.3, -0.25) is 19.8 Å². The van der Waals surface area contributed by atoms with E-state index in [4.69, 9.17) is 9.47 Å². The molecule has 3 aromatic carbocycles. The fourth-order valence-corrected chi connectivity index (χ4v) is 10.5. The molecule has 4 aliphatic heterocycles. The van der Waals surface area contributed by atoms with Crippen LogP contribution in [-0.2, 0) is 16.1 Å². The van der Waals surface area contributed by atoms with Gasteiger partial charge in [-0.2, -0.15) is 0 Å². The first-order valence-corrected chi connectivity index (χ1v) is 25.1. The number of anilines is 2. The first kappa shape index (κ1) is 48.6. The molecule has 1 atom stereocenters. The zero-order chi connectivity index (χ0) is 48.9. The molecule has 3 N–H and O–H groups in total. The van der Waals surface area contributed by atoms with Crippen LogP contribution < -0.4 is 20.3 Å². The van der Waals surface area contributed by atoms with Crippen LogP contribution in [0.15, 0.2) is 67.0 Å². The van der Waals surface area contributed by atoms with Crippen molar-refractivity contribution in [3.63, 3.8) is 0 Å². The van der Waals surface area contributed by atoms with Gasteiger partial charge >= 0.3 is 12.1 Å². The molecule has 0 saturated carbocycles. The predicted octanol–water partition coefficient (Wildman–Crippen LogP) is 9.41. The van der Waals surface area contributed by atoms with Crippen LogP contribution in [0.3, 0.4) is 0 Å². The monoisotopic (exact) mass is 956 g/mol. The number of likely N-dealkylation sites (tertiary alicyclic amines) is 3. The zero-order valence-electron chi connectivity index (χ0n) is 40.9. The minimum absolute atomic E-state index is 0.0623. The molecule has 5 aromatic rings. The van der Waals surface area contributed by atoms with Crippen molar-refractivity contribution in [2.75, 3.05) is 69.7 Å². The molecule has 16 heteroatoms. The lowest BCUT2D eigenvalue weighted by Gasteiger charge is -2.35. The van der Waals surface area contributed by atoms with Gasteiger partial charge in [0.2, 0.25) is 5.91 Å². The topological polar surface area (TPSA) is 165 Å². The summed E-state index contributed by atoms with van der Waals surface area (Å²) >= 11 is 0. The van der Waals surface area contributed by atoms with Crippen LogP contribution in [-0.4, -0.2) is 119 Å². The average Bonchev–Trinajstić information content (AvgIpc) is 4.04. The standard InChI is InChI=1S/C54H66FN9O6/c1-34(2)5-6-37-16-25-63(31-37)53(67)59-45-29-41(55)28-43(35(45)3)50-44-30-46(58-51(44)57-33-56-50)39-9-7-38(8-10-39)32-70-42-17-21-61(22-18-42)20-13-36-14-23-62(24-15-36)52(66)40-11-12-48(69-4)47(27-40)64-26-19-49(65)60-54(64)68/h7-12,27-30,33-34,36-37,42H,5-6,13-26,31-32H2,1-4H3,(H,59,67)(H,56,57,58)(H,60,65,68)/t37-/m1/s1. The van der Waals surface area contributed by atoms with Crippen LogP contribution >= 0.6 is 0 Å². The van der Waals surface area contributed by atoms with Crippen LogP contribution in [0, 0.1) is 30.5 Å². The quantitative estimate of drug-likeness (QED) is 0.0927. The molecule has 15 nitrogen and oxygen atoms in total. The molecule has 0 aliphatic carbocycles. The van der Waals surface area contributed by atoms with Crippen molar-refractivity contribution >= 4 is 46.3 Å². The largest absolute Gasteiger partial charge is 0.495 e. The highest BCUT2D eigenvalue weighted by atomic mass is 19.1. The summed E-state index contributed by atoms with van der Waals surface area (Å²) in [4.78, 5) is 71.5. The number of nitrogens with zero attached hydrogens (tertiary/aromatic N) is 6. The predicted molar refractivity (Wildman–Crippen MR) is 268 cm³/mol. The molecule has 370 valence electrons. The fourth-order valence-electron chi connectivity index (χ4n) is 10.5. The van der Waals surface area contributed by atoms with Gasteiger partial charge in [-0.15, -0.1) is 0 Å². The van der Waals surface area contributed by atoms with Gasteiger partial charge in [0.15, 0.2) is 0 Å². The molecule has 6 amide bonds. The van der Waals surface area contributed by atoms with Crippen LogP contribution in [0.1, 0.15) is 93.1 Å². The molecule has 0 unspecified atom stereocenters. The fraction of sp³-hybridized carbons (Fsp3) is 0.481. The van der Waals surface area contributed by atoms with E-state index in [1.165, 1.54) is 30.5 Å². The second-order valence-electron chi connectivity index (χ2n) is 20.0. The number of amides is 6. The summed E-state index contributed by atoms with van der Waals surface area (Å²) in [6.45, 7) is 12.9. The maximum Gasteiger partial charge on any atom is 0.328 e. The van der Waals surface area contributed by atoms with Gasteiger partial charge in [0, 0.05) is 80.1 Å². The number of methoxy groups -OCH3 is 1. The van der Waals surface area contributed by atoms with Crippen molar-refractivity contribution in [3.05, 3.63) is 89.5 Å². The Labute approximate surface area is 409 Å². The van der Waals surface area contributed by atoms with Gasteiger partial charge < -0.3 is 34.5 Å². The van der Waals surface area contributed by atoms with Crippen molar-refractivity contribution in [3.8, 4) is 28.3 Å².